The minimum absolute atomic E-state index is 0.0607. The van der Waals surface area contributed by atoms with Gasteiger partial charge in [0, 0.05) is 15.4 Å². The number of hydrogen-bond acceptors (Lipinski definition) is 1. The molecule has 0 amide bonds. The molecule has 0 fully saturated rings. The van der Waals surface area contributed by atoms with Gasteiger partial charge in [0.2, 0.25) is 0 Å². The second-order valence-electron chi connectivity index (χ2n) is 4.19. The van der Waals surface area contributed by atoms with Gasteiger partial charge < -0.3 is 5.11 Å². The molecular formula is C12H16BrClO. The van der Waals surface area contributed by atoms with E-state index in [1.54, 1.807) is 0 Å². The highest BCUT2D eigenvalue weighted by molar-refractivity contribution is 9.10. The Bertz CT molecular complexity index is 338. The molecule has 0 aromatic heterocycles. The molecule has 0 radical (unpaired) electrons. The van der Waals surface area contributed by atoms with Crippen LogP contribution in [0.15, 0.2) is 22.7 Å². The van der Waals surface area contributed by atoms with Crippen molar-refractivity contribution in [1.82, 2.24) is 0 Å². The number of rotatable bonds is 3. The SMILES string of the molecule is CC(C)C(O)C(C)c1ccc(Br)cc1Cl. The number of aliphatic hydroxyl groups excluding tert-OH is 1. The summed E-state index contributed by atoms with van der Waals surface area (Å²) < 4.78 is 0.961. The Hall–Kier alpha value is -0.0500. The summed E-state index contributed by atoms with van der Waals surface area (Å²) in [5.74, 6) is 0.297. The van der Waals surface area contributed by atoms with Crippen LogP contribution in [0.25, 0.3) is 0 Å². The molecular weight excluding hydrogens is 275 g/mol. The smallest absolute Gasteiger partial charge is 0.0629 e. The molecule has 1 aromatic carbocycles. The van der Waals surface area contributed by atoms with E-state index in [1.165, 1.54) is 0 Å². The van der Waals surface area contributed by atoms with Crippen LogP contribution in [0, 0.1) is 5.92 Å². The predicted molar refractivity (Wildman–Crippen MR) is 68.4 cm³/mol. The number of benzene rings is 1. The van der Waals surface area contributed by atoms with Crippen molar-refractivity contribution in [3.8, 4) is 0 Å². The first kappa shape index (κ1) is 13.0. The van der Waals surface area contributed by atoms with E-state index < -0.39 is 0 Å². The molecule has 1 rings (SSSR count). The van der Waals surface area contributed by atoms with Crippen molar-refractivity contribution in [3.05, 3.63) is 33.3 Å². The van der Waals surface area contributed by atoms with Crippen molar-refractivity contribution in [2.45, 2.75) is 32.8 Å². The third kappa shape index (κ3) is 3.20. The molecule has 0 aliphatic carbocycles. The molecule has 0 aliphatic rings. The summed E-state index contributed by atoms with van der Waals surface area (Å²) in [7, 11) is 0. The van der Waals surface area contributed by atoms with E-state index in [2.05, 4.69) is 15.9 Å². The normalized spacial score (nSPS) is 15.4. The first-order valence-corrected chi connectivity index (χ1v) is 6.23. The molecule has 0 bridgehead atoms. The summed E-state index contributed by atoms with van der Waals surface area (Å²) in [6, 6.07) is 5.77. The van der Waals surface area contributed by atoms with Crippen LogP contribution >= 0.6 is 27.5 Å². The van der Waals surface area contributed by atoms with Crippen molar-refractivity contribution in [3.63, 3.8) is 0 Å². The van der Waals surface area contributed by atoms with Crippen molar-refractivity contribution < 1.29 is 5.11 Å². The van der Waals surface area contributed by atoms with Crippen LogP contribution in [0.5, 0.6) is 0 Å². The molecule has 2 atom stereocenters. The second kappa shape index (κ2) is 5.33. The molecule has 1 aromatic rings. The third-order valence-electron chi connectivity index (χ3n) is 2.65. The molecule has 3 heteroatoms. The van der Waals surface area contributed by atoms with Crippen LogP contribution in [0.1, 0.15) is 32.3 Å². The summed E-state index contributed by atoms with van der Waals surface area (Å²) in [5, 5.41) is 10.7. The highest BCUT2D eigenvalue weighted by Crippen LogP contribution is 2.31. The van der Waals surface area contributed by atoms with Crippen molar-refractivity contribution in [2.75, 3.05) is 0 Å². The molecule has 2 unspecified atom stereocenters. The second-order valence-corrected chi connectivity index (χ2v) is 5.51. The fraction of sp³-hybridized carbons (Fsp3) is 0.500. The molecule has 0 saturated carbocycles. The Kier molecular flexibility index (Phi) is 4.63. The van der Waals surface area contributed by atoms with E-state index in [9.17, 15) is 5.11 Å². The molecule has 0 saturated heterocycles. The zero-order valence-corrected chi connectivity index (χ0v) is 11.5. The fourth-order valence-corrected chi connectivity index (χ4v) is 2.48. The standard InChI is InChI=1S/C12H16BrClO/c1-7(2)12(15)8(3)10-5-4-9(13)6-11(10)14/h4-8,12,15H,1-3H3. The lowest BCUT2D eigenvalue weighted by Crippen LogP contribution is -2.22. The molecule has 0 spiro atoms. The molecule has 15 heavy (non-hydrogen) atoms. The first-order valence-electron chi connectivity index (χ1n) is 5.06. The molecule has 0 heterocycles. The average Bonchev–Trinajstić information content (AvgIpc) is 2.15. The van der Waals surface area contributed by atoms with E-state index in [-0.39, 0.29) is 17.9 Å². The van der Waals surface area contributed by atoms with Crippen molar-refractivity contribution in [2.24, 2.45) is 5.92 Å². The van der Waals surface area contributed by atoms with Gasteiger partial charge in [0.25, 0.3) is 0 Å². The monoisotopic (exact) mass is 290 g/mol. The lowest BCUT2D eigenvalue weighted by atomic mass is 9.89. The molecule has 84 valence electrons. The Balaban J connectivity index is 2.96. The lowest BCUT2D eigenvalue weighted by molar-refractivity contribution is 0.102. The van der Waals surface area contributed by atoms with E-state index in [0.717, 1.165) is 10.0 Å². The largest absolute Gasteiger partial charge is 0.392 e. The summed E-state index contributed by atoms with van der Waals surface area (Å²) in [4.78, 5) is 0. The Morgan fingerprint density at radius 1 is 1.27 bits per heavy atom. The van der Waals surface area contributed by atoms with Gasteiger partial charge in [0.05, 0.1) is 6.10 Å². The van der Waals surface area contributed by atoms with E-state index in [0.29, 0.717) is 5.02 Å². The van der Waals surface area contributed by atoms with Gasteiger partial charge in [-0.1, -0.05) is 54.4 Å². The average molecular weight is 292 g/mol. The Morgan fingerprint density at radius 3 is 2.33 bits per heavy atom. The van der Waals surface area contributed by atoms with Crippen LogP contribution in [-0.4, -0.2) is 11.2 Å². The van der Waals surface area contributed by atoms with Crippen LogP contribution in [-0.2, 0) is 0 Å². The zero-order chi connectivity index (χ0) is 11.6. The van der Waals surface area contributed by atoms with E-state index in [4.69, 9.17) is 11.6 Å². The third-order valence-corrected chi connectivity index (χ3v) is 3.47. The Morgan fingerprint density at radius 2 is 1.87 bits per heavy atom. The maximum Gasteiger partial charge on any atom is 0.0629 e. The maximum atomic E-state index is 9.97. The van der Waals surface area contributed by atoms with Crippen molar-refractivity contribution in [1.29, 1.82) is 0 Å². The van der Waals surface area contributed by atoms with Crippen LogP contribution in [0.4, 0.5) is 0 Å². The first-order chi connectivity index (χ1) is 6.93. The summed E-state index contributed by atoms with van der Waals surface area (Å²) >= 11 is 9.50. The maximum absolute atomic E-state index is 9.97. The van der Waals surface area contributed by atoms with Gasteiger partial charge in [0.1, 0.15) is 0 Å². The van der Waals surface area contributed by atoms with Crippen molar-refractivity contribution >= 4 is 27.5 Å². The number of aliphatic hydroxyl groups is 1. The van der Waals surface area contributed by atoms with E-state index in [1.807, 2.05) is 39.0 Å². The van der Waals surface area contributed by atoms with Gasteiger partial charge in [0.15, 0.2) is 0 Å². The van der Waals surface area contributed by atoms with Crippen LogP contribution in [0.3, 0.4) is 0 Å². The van der Waals surface area contributed by atoms with Crippen LogP contribution < -0.4 is 0 Å². The van der Waals surface area contributed by atoms with Gasteiger partial charge in [-0.3, -0.25) is 0 Å². The van der Waals surface area contributed by atoms with Crippen LogP contribution in [0.2, 0.25) is 5.02 Å². The minimum atomic E-state index is -0.358. The highest BCUT2D eigenvalue weighted by atomic mass is 79.9. The Labute approximate surface area is 105 Å². The minimum Gasteiger partial charge on any atom is -0.392 e. The topological polar surface area (TPSA) is 20.2 Å². The van der Waals surface area contributed by atoms with Gasteiger partial charge >= 0.3 is 0 Å². The van der Waals surface area contributed by atoms with Gasteiger partial charge in [-0.25, -0.2) is 0 Å². The molecule has 0 aliphatic heterocycles. The molecule has 1 nitrogen and oxygen atoms in total. The quantitative estimate of drug-likeness (QED) is 0.884. The summed E-state index contributed by atoms with van der Waals surface area (Å²) in [6.07, 6.45) is -0.358. The van der Waals surface area contributed by atoms with Gasteiger partial charge in [-0.05, 0) is 23.6 Å². The fourth-order valence-electron chi connectivity index (χ4n) is 1.63. The summed E-state index contributed by atoms with van der Waals surface area (Å²) in [5.41, 5.74) is 1.00. The highest BCUT2D eigenvalue weighted by Gasteiger charge is 2.21. The van der Waals surface area contributed by atoms with Gasteiger partial charge in [-0.15, -0.1) is 0 Å². The van der Waals surface area contributed by atoms with E-state index >= 15 is 0 Å². The number of halogens is 2. The van der Waals surface area contributed by atoms with Gasteiger partial charge in [-0.2, -0.15) is 0 Å². The summed E-state index contributed by atoms with van der Waals surface area (Å²) in [6.45, 7) is 6.02. The predicted octanol–water partition coefficient (Wildman–Crippen LogP) is 4.22. The zero-order valence-electron chi connectivity index (χ0n) is 9.17. The number of hydrogen-bond donors (Lipinski definition) is 1. The lowest BCUT2D eigenvalue weighted by Gasteiger charge is -2.23. The molecule has 1 N–H and O–H groups in total.